The molecular weight excluding hydrogens is 166 g/mol. The lowest BCUT2D eigenvalue weighted by Crippen LogP contribution is -2.50. The van der Waals surface area contributed by atoms with Crippen molar-refractivity contribution in [3.05, 3.63) is 0 Å². The van der Waals surface area contributed by atoms with Crippen LogP contribution in [-0.4, -0.2) is 36.5 Å². The molecule has 2 N–H and O–H groups in total. The van der Waals surface area contributed by atoms with Crippen LogP contribution < -0.4 is 5.32 Å². The van der Waals surface area contributed by atoms with Gasteiger partial charge in [0, 0.05) is 13.1 Å². The fourth-order valence-corrected chi connectivity index (χ4v) is 1.02. The van der Waals surface area contributed by atoms with E-state index >= 15 is 0 Å². The molecule has 0 unspecified atom stereocenters. The van der Waals surface area contributed by atoms with Crippen molar-refractivity contribution in [3.63, 3.8) is 0 Å². The van der Waals surface area contributed by atoms with Gasteiger partial charge in [0.2, 0.25) is 0 Å². The van der Waals surface area contributed by atoms with Crippen molar-refractivity contribution in [2.75, 3.05) is 19.7 Å². The van der Waals surface area contributed by atoms with Gasteiger partial charge in [-0.15, -0.1) is 12.4 Å². The van der Waals surface area contributed by atoms with E-state index in [1.807, 2.05) is 0 Å². The molecule has 0 saturated carbocycles. The zero-order chi connectivity index (χ0) is 7.61. The zero-order valence-electron chi connectivity index (χ0n) is 6.96. The van der Waals surface area contributed by atoms with Gasteiger partial charge in [-0.25, -0.2) is 0 Å². The first-order chi connectivity index (χ1) is 4.61. The second-order valence-electron chi connectivity index (χ2n) is 3.22. The minimum Gasteiger partial charge on any atom is -0.388 e. The largest absolute Gasteiger partial charge is 0.388 e. The third-order valence-electron chi connectivity index (χ3n) is 1.72. The van der Waals surface area contributed by atoms with Crippen LogP contribution in [0.5, 0.6) is 0 Å². The van der Waals surface area contributed by atoms with E-state index < -0.39 is 5.60 Å². The van der Waals surface area contributed by atoms with E-state index in [0.717, 1.165) is 13.1 Å². The van der Waals surface area contributed by atoms with Crippen LogP contribution in [-0.2, 0) is 4.74 Å². The predicted octanol–water partition coefficient (Wildman–Crippen LogP) is 0.167. The highest BCUT2D eigenvalue weighted by molar-refractivity contribution is 5.85. The highest BCUT2D eigenvalue weighted by Gasteiger charge is 2.28. The van der Waals surface area contributed by atoms with Crippen LogP contribution in [0.15, 0.2) is 0 Å². The summed E-state index contributed by atoms with van der Waals surface area (Å²) in [6.45, 7) is 5.89. The van der Waals surface area contributed by atoms with Crippen molar-refractivity contribution in [1.82, 2.24) is 5.32 Å². The fraction of sp³-hybridized carbons (Fsp3) is 1.00. The molecule has 1 saturated heterocycles. The summed E-state index contributed by atoms with van der Waals surface area (Å²) in [5.41, 5.74) is -0.715. The molecule has 0 aromatic rings. The Hall–Kier alpha value is 0.170. The molecule has 0 aromatic carbocycles. The number of ether oxygens (including phenoxy) is 1. The molecule has 1 fully saturated rings. The summed E-state index contributed by atoms with van der Waals surface area (Å²) in [6.07, 6.45) is -0.0544. The minimum absolute atomic E-state index is 0. The van der Waals surface area contributed by atoms with Gasteiger partial charge >= 0.3 is 0 Å². The molecule has 0 aromatic heterocycles. The molecule has 0 amide bonds. The van der Waals surface area contributed by atoms with E-state index in [9.17, 15) is 5.11 Å². The van der Waals surface area contributed by atoms with Crippen molar-refractivity contribution in [2.24, 2.45) is 0 Å². The van der Waals surface area contributed by atoms with Gasteiger partial charge in [0.1, 0.15) is 0 Å². The number of hydrogen-bond acceptors (Lipinski definition) is 3. The molecule has 0 radical (unpaired) electrons. The molecule has 0 spiro atoms. The molecule has 3 nitrogen and oxygen atoms in total. The first kappa shape index (κ1) is 11.2. The first-order valence-electron chi connectivity index (χ1n) is 3.65. The summed E-state index contributed by atoms with van der Waals surface area (Å²) >= 11 is 0. The van der Waals surface area contributed by atoms with Crippen LogP contribution in [0.4, 0.5) is 0 Å². The number of halogens is 1. The van der Waals surface area contributed by atoms with Gasteiger partial charge in [-0.3, -0.25) is 0 Å². The summed E-state index contributed by atoms with van der Waals surface area (Å²) in [7, 11) is 0. The van der Waals surface area contributed by atoms with E-state index in [0.29, 0.717) is 6.61 Å². The van der Waals surface area contributed by atoms with Crippen molar-refractivity contribution in [1.29, 1.82) is 0 Å². The third kappa shape index (κ3) is 3.38. The Bertz CT molecular complexity index is 107. The molecule has 0 aliphatic carbocycles. The third-order valence-corrected chi connectivity index (χ3v) is 1.72. The van der Waals surface area contributed by atoms with Gasteiger partial charge in [-0.05, 0) is 13.8 Å². The number of aliphatic hydroxyl groups is 1. The van der Waals surface area contributed by atoms with E-state index in [-0.39, 0.29) is 18.5 Å². The maximum absolute atomic E-state index is 9.48. The molecule has 68 valence electrons. The summed E-state index contributed by atoms with van der Waals surface area (Å²) in [6, 6.07) is 0. The molecule has 11 heavy (non-hydrogen) atoms. The predicted molar refractivity (Wildman–Crippen MR) is 46.2 cm³/mol. The zero-order valence-corrected chi connectivity index (χ0v) is 7.78. The molecular formula is C7H16ClNO2. The topological polar surface area (TPSA) is 41.5 Å². The summed E-state index contributed by atoms with van der Waals surface area (Å²) in [4.78, 5) is 0. The Balaban J connectivity index is 0.000001000. The van der Waals surface area contributed by atoms with Gasteiger partial charge in [-0.2, -0.15) is 0 Å². The van der Waals surface area contributed by atoms with Gasteiger partial charge in [0.25, 0.3) is 0 Å². The average Bonchev–Trinajstić information content (AvgIpc) is 1.88. The van der Waals surface area contributed by atoms with Crippen molar-refractivity contribution < 1.29 is 9.84 Å². The minimum atomic E-state index is -0.715. The van der Waals surface area contributed by atoms with Gasteiger partial charge in [0.15, 0.2) is 0 Å². The lowest BCUT2D eigenvalue weighted by molar-refractivity contribution is -0.0989. The Morgan fingerprint density at radius 1 is 1.55 bits per heavy atom. The Labute approximate surface area is 73.5 Å². The summed E-state index contributed by atoms with van der Waals surface area (Å²) in [5, 5.41) is 12.6. The van der Waals surface area contributed by atoms with Gasteiger partial charge in [-0.1, -0.05) is 0 Å². The van der Waals surface area contributed by atoms with Crippen molar-refractivity contribution >= 4 is 12.4 Å². The standard InChI is InChI=1S/C7H15NO2.ClH/c1-7(2,9)6-5-8-3-4-10-6;/h6,8-9H,3-5H2,1-2H3;1H/t6-;/m1./s1. The van der Waals surface area contributed by atoms with Crippen LogP contribution in [0.1, 0.15) is 13.8 Å². The van der Waals surface area contributed by atoms with Crippen LogP contribution in [0, 0.1) is 0 Å². The molecule has 1 aliphatic heterocycles. The highest BCUT2D eigenvalue weighted by atomic mass is 35.5. The fourth-order valence-electron chi connectivity index (χ4n) is 1.02. The molecule has 0 bridgehead atoms. The van der Waals surface area contributed by atoms with E-state index in [1.165, 1.54) is 0 Å². The van der Waals surface area contributed by atoms with Crippen LogP contribution >= 0.6 is 12.4 Å². The maximum atomic E-state index is 9.48. The monoisotopic (exact) mass is 181 g/mol. The lowest BCUT2D eigenvalue weighted by Gasteiger charge is -2.32. The van der Waals surface area contributed by atoms with Crippen molar-refractivity contribution in [2.45, 2.75) is 25.6 Å². The molecule has 1 heterocycles. The number of hydrogen-bond donors (Lipinski definition) is 2. The van der Waals surface area contributed by atoms with Crippen LogP contribution in [0.3, 0.4) is 0 Å². The molecule has 1 atom stereocenters. The average molecular weight is 182 g/mol. The maximum Gasteiger partial charge on any atom is 0.0980 e. The summed E-state index contributed by atoms with van der Waals surface area (Å²) in [5.74, 6) is 0. The van der Waals surface area contributed by atoms with Crippen LogP contribution in [0.2, 0.25) is 0 Å². The normalized spacial score (nSPS) is 25.9. The SMILES string of the molecule is CC(C)(O)[C@H]1CNCCO1.Cl. The van der Waals surface area contributed by atoms with E-state index in [4.69, 9.17) is 4.74 Å². The van der Waals surface area contributed by atoms with E-state index in [2.05, 4.69) is 5.32 Å². The van der Waals surface area contributed by atoms with Crippen LogP contribution in [0.25, 0.3) is 0 Å². The van der Waals surface area contributed by atoms with Crippen molar-refractivity contribution in [3.8, 4) is 0 Å². The highest BCUT2D eigenvalue weighted by Crippen LogP contribution is 2.12. The van der Waals surface area contributed by atoms with Gasteiger partial charge < -0.3 is 15.2 Å². The molecule has 1 aliphatic rings. The summed E-state index contributed by atoms with van der Waals surface area (Å²) < 4.78 is 5.33. The number of morpholine rings is 1. The lowest BCUT2D eigenvalue weighted by atomic mass is 10.0. The van der Waals surface area contributed by atoms with Gasteiger partial charge in [0.05, 0.1) is 18.3 Å². The molecule has 4 heteroatoms. The first-order valence-corrected chi connectivity index (χ1v) is 3.65. The Morgan fingerprint density at radius 2 is 2.18 bits per heavy atom. The smallest absolute Gasteiger partial charge is 0.0980 e. The Kier molecular flexibility index (Phi) is 4.32. The number of nitrogens with one attached hydrogen (secondary N) is 1. The second kappa shape index (κ2) is 4.26. The quantitative estimate of drug-likeness (QED) is 0.606. The Morgan fingerprint density at radius 3 is 2.45 bits per heavy atom. The molecule has 1 rings (SSSR count). The number of rotatable bonds is 1. The van der Waals surface area contributed by atoms with E-state index in [1.54, 1.807) is 13.8 Å². The second-order valence-corrected chi connectivity index (χ2v) is 3.22.